The van der Waals surface area contributed by atoms with Gasteiger partial charge in [0, 0.05) is 79.1 Å². The Hall–Kier alpha value is -9.38. The third kappa shape index (κ3) is 8.50. The van der Waals surface area contributed by atoms with Crippen LogP contribution in [0.3, 0.4) is 0 Å². The molecule has 0 N–H and O–H groups in total. The molecule has 82 heavy (non-hydrogen) atoms. The van der Waals surface area contributed by atoms with Crippen LogP contribution in [0.4, 0.5) is 68.2 Å². The predicted molar refractivity (Wildman–Crippen MR) is 344 cm³/mol. The highest BCUT2D eigenvalue weighted by Gasteiger charge is 2.45. The highest BCUT2D eigenvalue weighted by Crippen LogP contribution is 2.59. The van der Waals surface area contributed by atoms with Gasteiger partial charge in [-0.05, 0) is 216 Å². The fourth-order valence-electron chi connectivity index (χ4n) is 14.9. The van der Waals surface area contributed by atoms with E-state index in [1.54, 1.807) is 0 Å². The molecule has 2 spiro atoms. The summed E-state index contributed by atoms with van der Waals surface area (Å²) < 4.78 is 0. The molecule has 15 rings (SSSR count). The average Bonchev–Trinajstić information content (AvgIpc) is 4.05. The van der Waals surface area contributed by atoms with Gasteiger partial charge in [0.05, 0.1) is 0 Å². The number of nitrogens with zero attached hydrogens (tertiary/aromatic N) is 4. The largest absolute Gasteiger partial charge is 0.311 e. The topological polar surface area (TPSA) is 13.0 Å². The van der Waals surface area contributed by atoms with Crippen molar-refractivity contribution in [3.05, 3.63) is 301 Å². The number of fused-ring (bicyclic) bond motifs is 10. The summed E-state index contributed by atoms with van der Waals surface area (Å²) in [6, 6.07) is 104. The van der Waals surface area contributed by atoms with Crippen molar-refractivity contribution in [1.29, 1.82) is 0 Å². The second-order valence-corrected chi connectivity index (χ2v) is 23.1. The summed E-state index contributed by atoms with van der Waals surface area (Å²) in [5.74, 6) is 0. The van der Waals surface area contributed by atoms with Crippen molar-refractivity contribution in [2.75, 3.05) is 19.6 Å². The molecular weight excluding hydrogens is 993 g/mol. The van der Waals surface area contributed by atoms with Gasteiger partial charge >= 0.3 is 0 Å². The summed E-state index contributed by atoms with van der Waals surface area (Å²) in [6.45, 7) is 0. The van der Waals surface area contributed by atoms with Crippen molar-refractivity contribution in [2.24, 2.45) is 0 Å². The smallest absolute Gasteiger partial charge is 0.0465 e. The first-order valence-corrected chi connectivity index (χ1v) is 29.8. The summed E-state index contributed by atoms with van der Waals surface area (Å²) >= 11 is 0. The van der Waals surface area contributed by atoms with Gasteiger partial charge in [0.2, 0.25) is 0 Å². The molecule has 0 atom stereocenters. The minimum atomic E-state index is 0.0220. The zero-order valence-electron chi connectivity index (χ0n) is 46.4. The first-order valence-electron chi connectivity index (χ1n) is 29.8. The fraction of sp³-hybridized carbons (Fsp3) is 0.154. The molecule has 398 valence electrons. The average molecular weight is 1060 g/mol. The second kappa shape index (κ2) is 20.9. The first kappa shape index (κ1) is 49.6. The van der Waals surface area contributed by atoms with Gasteiger partial charge in [0.1, 0.15) is 0 Å². The van der Waals surface area contributed by atoms with E-state index in [4.69, 9.17) is 0 Å². The molecule has 0 amide bonds. The van der Waals surface area contributed by atoms with E-state index in [-0.39, 0.29) is 10.8 Å². The van der Waals surface area contributed by atoms with E-state index in [1.165, 1.54) is 120 Å². The van der Waals surface area contributed by atoms with Gasteiger partial charge in [0.25, 0.3) is 0 Å². The van der Waals surface area contributed by atoms with E-state index in [9.17, 15) is 0 Å². The molecule has 4 aliphatic rings. The van der Waals surface area contributed by atoms with Gasteiger partial charge < -0.3 is 19.6 Å². The predicted octanol–water partition coefficient (Wildman–Crippen LogP) is 22.0. The molecule has 4 heteroatoms. The lowest BCUT2D eigenvalue weighted by Gasteiger charge is -2.37. The Bertz CT molecular complexity index is 3690. The van der Waals surface area contributed by atoms with Gasteiger partial charge in [-0.15, -0.1) is 0 Å². The Morgan fingerprint density at radius 2 is 0.402 bits per heavy atom. The third-order valence-electron chi connectivity index (χ3n) is 18.6. The van der Waals surface area contributed by atoms with Gasteiger partial charge in [-0.25, -0.2) is 0 Å². The number of rotatable bonds is 12. The maximum absolute atomic E-state index is 2.55. The SMILES string of the molecule is c1ccc(N(c2ccccc2)c2ccc(N(c3ccc(N(c4ccc(N(c5ccccc5)c5ccccc5)cc4)c4ccc5c(c4)C4(CCCCC4)c4ccccc4-5)cc3)c3ccc4c(c3)C3(CCCCC3)c3ccccc3-4)cc2)cc1. The summed E-state index contributed by atoms with van der Waals surface area (Å²) in [5, 5.41) is 0. The van der Waals surface area contributed by atoms with Crippen LogP contribution in [0, 0.1) is 0 Å². The minimum Gasteiger partial charge on any atom is -0.311 e. The highest BCUT2D eigenvalue weighted by molar-refractivity contribution is 5.90. The van der Waals surface area contributed by atoms with Crippen LogP contribution >= 0.6 is 0 Å². The molecule has 0 aliphatic heterocycles. The van der Waals surface area contributed by atoms with E-state index < -0.39 is 0 Å². The van der Waals surface area contributed by atoms with Crippen LogP contribution in [0.5, 0.6) is 0 Å². The van der Waals surface area contributed by atoms with Gasteiger partial charge in [-0.2, -0.15) is 0 Å². The number of anilines is 12. The molecule has 11 aromatic carbocycles. The lowest BCUT2D eigenvalue weighted by atomic mass is 9.68. The lowest BCUT2D eigenvalue weighted by Crippen LogP contribution is -2.28. The van der Waals surface area contributed by atoms with Crippen LogP contribution in [0.1, 0.15) is 86.5 Å². The van der Waals surface area contributed by atoms with Crippen molar-refractivity contribution >= 4 is 68.2 Å². The molecule has 2 fully saturated rings. The normalized spacial score (nSPS) is 15.0. The molecule has 0 radical (unpaired) electrons. The summed E-state index contributed by atoms with van der Waals surface area (Å²) in [6.07, 6.45) is 12.3. The lowest BCUT2D eigenvalue weighted by molar-refractivity contribution is 0.353. The van der Waals surface area contributed by atoms with Crippen LogP contribution in [-0.4, -0.2) is 0 Å². The second-order valence-electron chi connectivity index (χ2n) is 23.1. The van der Waals surface area contributed by atoms with Crippen LogP contribution in [0.15, 0.2) is 279 Å². The minimum absolute atomic E-state index is 0.0220. The van der Waals surface area contributed by atoms with E-state index in [1.807, 2.05) is 0 Å². The number of hydrogen-bond donors (Lipinski definition) is 0. The van der Waals surface area contributed by atoms with Gasteiger partial charge in [0.15, 0.2) is 0 Å². The van der Waals surface area contributed by atoms with E-state index in [0.29, 0.717) is 0 Å². The Labute approximate surface area is 483 Å². The van der Waals surface area contributed by atoms with Crippen molar-refractivity contribution in [2.45, 2.75) is 75.0 Å². The van der Waals surface area contributed by atoms with Crippen LogP contribution in [0.2, 0.25) is 0 Å². The van der Waals surface area contributed by atoms with Crippen LogP contribution < -0.4 is 19.6 Å². The zero-order valence-corrected chi connectivity index (χ0v) is 46.4. The highest BCUT2D eigenvalue weighted by atomic mass is 15.2. The summed E-state index contributed by atoms with van der Waals surface area (Å²) in [7, 11) is 0. The Morgan fingerprint density at radius 1 is 0.183 bits per heavy atom. The molecule has 0 saturated heterocycles. The number of benzene rings is 11. The quantitative estimate of drug-likeness (QED) is 0.121. The monoisotopic (exact) mass is 1060 g/mol. The molecule has 4 aliphatic carbocycles. The number of hydrogen-bond acceptors (Lipinski definition) is 4. The molecule has 0 heterocycles. The van der Waals surface area contributed by atoms with Crippen LogP contribution in [-0.2, 0) is 10.8 Å². The first-order chi connectivity index (χ1) is 40.6. The van der Waals surface area contributed by atoms with Crippen molar-refractivity contribution < 1.29 is 0 Å². The van der Waals surface area contributed by atoms with Gasteiger partial charge in [-0.3, -0.25) is 0 Å². The standard InChI is InChI=1S/C78H66N4/c1-7-23-57(24-8-1)79(58-25-9-2-10-26-58)61-35-39-63(40-36-61)81(67-47-49-71-69-31-15-17-33-73(69)77(75(71)55-67)51-19-5-20-52-77)65-43-45-66(46-44-65)82(64-41-37-62(38-42-64)80(59-27-11-3-12-28-59)60-29-13-4-14-30-60)68-48-50-72-70-32-16-18-34-74(70)78(76(72)56-68)53-21-6-22-54-78/h1-4,7-18,23-50,55-56H,5-6,19-22,51-54H2. The Balaban J connectivity index is 0.869. The maximum Gasteiger partial charge on any atom is 0.0465 e. The van der Waals surface area contributed by atoms with Crippen LogP contribution in [0.25, 0.3) is 22.3 Å². The summed E-state index contributed by atoms with van der Waals surface area (Å²) in [4.78, 5) is 9.67. The maximum atomic E-state index is 2.55. The molecule has 4 nitrogen and oxygen atoms in total. The van der Waals surface area contributed by atoms with E-state index in [2.05, 4.69) is 299 Å². The van der Waals surface area contributed by atoms with Crippen molar-refractivity contribution in [1.82, 2.24) is 0 Å². The van der Waals surface area contributed by atoms with Gasteiger partial charge in [-0.1, -0.05) is 172 Å². The zero-order chi connectivity index (χ0) is 54.5. The van der Waals surface area contributed by atoms with Crippen molar-refractivity contribution in [3.8, 4) is 22.3 Å². The summed E-state index contributed by atoms with van der Waals surface area (Å²) in [5.41, 5.74) is 25.1. The van der Waals surface area contributed by atoms with E-state index in [0.717, 1.165) is 56.9 Å². The molecule has 0 bridgehead atoms. The fourth-order valence-corrected chi connectivity index (χ4v) is 14.9. The molecule has 0 aromatic heterocycles. The molecular formula is C78H66N4. The number of para-hydroxylation sites is 4. The van der Waals surface area contributed by atoms with E-state index >= 15 is 0 Å². The molecule has 0 unspecified atom stereocenters. The Morgan fingerprint density at radius 3 is 0.695 bits per heavy atom. The molecule has 11 aromatic rings. The Kier molecular flexibility index (Phi) is 12.7. The third-order valence-corrected chi connectivity index (χ3v) is 18.6. The molecule has 2 saturated carbocycles. The van der Waals surface area contributed by atoms with Crippen molar-refractivity contribution in [3.63, 3.8) is 0 Å².